The molecule has 2 aromatic rings. The summed E-state index contributed by atoms with van der Waals surface area (Å²) < 4.78 is 1.96. The van der Waals surface area contributed by atoms with Crippen LogP contribution in [0.25, 0.3) is 0 Å². The number of Topliss-reactive ketones (excluding diaryl/α,β-unsaturated/α-hetero) is 1. The summed E-state index contributed by atoms with van der Waals surface area (Å²) in [7, 11) is 1.94. The highest BCUT2D eigenvalue weighted by Gasteiger charge is 2.13. The Bertz CT molecular complexity index is 622. The Morgan fingerprint density at radius 3 is 2.57 bits per heavy atom. The van der Waals surface area contributed by atoms with E-state index in [4.69, 9.17) is 11.6 Å². The van der Waals surface area contributed by atoms with Crippen LogP contribution in [-0.4, -0.2) is 26.3 Å². The zero-order valence-electron chi connectivity index (χ0n) is 12.3. The standard InChI is InChI=1S/C15H18ClN3OS/c1-10(2)8-14-17-18-15(19(14)3)21-9-13(20)11-4-6-12(16)7-5-11/h4-7,10H,8-9H2,1-3H3. The van der Waals surface area contributed by atoms with E-state index in [2.05, 4.69) is 24.0 Å². The van der Waals surface area contributed by atoms with Crippen molar-refractivity contribution in [2.24, 2.45) is 13.0 Å². The van der Waals surface area contributed by atoms with Gasteiger partial charge in [0.2, 0.25) is 0 Å². The van der Waals surface area contributed by atoms with E-state index in [1.165, 1.54) is 11.8 Å². The number of thioether (sulfide) groups is 1. The van der Waals surface area contributed by atoms with Crippen molar-refractivity contribution in [1.82, 2.24) is 14.8 Å². The van der Waals surface area contributed by atoms with Crippen molar-refractivity contribution in [2.45, 2.75) is 25.4 Å². The summed E-state index contributed by atoms with van der Waals surface area (Å²) in [6, 6.07) is 6.93. The number of carbonyl (C=O) groups excluding carboxylic acids is 1. The Kier molecular flexibility index (Phi) is 5.42. The van der Waals surface area contributed by atoms with Crippen LogP contribution in [0.15, 0.2) is 29.4 Å². The van der Waals surface area contributed by atoms with E-state index in [9.17, 15) is 4.79 Å². The maximum atomic E-state index is 12.1. The maximum Gasteiger partial charge on any atom is 0.191 e. The predicted octanol–water partition coefficient (Wildman–Crippen LogP) is 3.64. The summed E-state index contributed by atoms with van der Waals surface area (Å²) in [4.78, 5) is 12.1. The molecule has 4 nitrogen and oxygen atoms in total. The number of rotatable bonds is 6. The minimum absolute atomic E-state index is 0.0603. The summed E-state index contributed by atoms with van der Waals surface area (Å²) in [6.07, 6.45) is 0.884. The minimum atomic E-state index is 0.0603. The highest BCUT2D eigenvalue weighted by molar-refractivity contribution is 7.99. The van der Waals surface area contributed by atoms with Crippen LogP contribution >= 0.6 is 23.4 Å². The molecule has 0 saturated heterocycles. The van der Waals surface area contributed by atoms with Crippen molar-refractivity contribution in [3.05, 3.63) is 40.7 Å². The first kappa shape index (κ1) is 16.0. The van der Waals surface area contributed by atoms with E-state index in [1.807, 2.05) is 11.6 Å². The maximum absolute atomic E-state index is 12.1. The van der Waals surface area contributed by atoms with Gasteiger partial charge in [0, 0.05) is 24.1 Å². The molecule has 1 aromatic carbocycles. The second-order valence-electron chi connectivity index (χ2n) is 5.27. The Hall–Kier alpha value is -1.33. The van der Waals surface area contributed by atoms with Gasteiger partial charge in [-0.1, -0.05) is 37.2 Å². The molecule has 0 spiro atoms. The highest BCUT2D eigenvalue weighted by atomic mass is 35.5. The summed E-state index contributed by atoms with van der Waals surface area (Å²) >= 11 is 7.23. The first-order valence-electron chi connectivity index (χ1n) is 6.77. The number of aromatic nitrogens is 3. The molecule has 0 radical (unpaired) electrons. The Morgan fingerprint density at radius 1 is 1.29 bits per heavy atom. The zero-order valence-corrected chi connectivity index (χ0v) is 13.9. The molecule has 0 amide bonds. The number of ketones is 1. The quantitative estimate of drug-likeness (QED) is 0.601. The Balaban J connectivity index is 1.98. The molecule has 2 rings (SSSR count). The van der Waals surface area contributed by atoms with Crippen molar-refractivity contribution in [3.63, 3.8) is 0 Å². The van der Waals surface area contributed by atoms with E-state index in [0.717, 1.165) is 17.4 Å². The summed E-state index contributed by atoms with van der Waals surface area (Å²) in [5.41, 5.74) is 0.663. The first-order valence-corrected chi connectivity index (χ1v) is 8.13. The van der Waals surface area contributed by atoms with Crippen LogP contribution in [0.3, 0.4) is 0 Å². The molecule has 1 heterocycles. The van der Waals surface area contributed by atoms with Crippen molar-refractivity contribution >= 4 is 29.1 Å². The number of benzene rings is 1. The van der Waals surface area contributed by atoms with E-state index >= 15 is 0 Å². The molecule has 0 saturated carbocycles. The van der Waals surface area contributed by atoms with Crippen molar-refractivity contribution < 1.29 is 4.79 Å². The lowest BCUT2D eigenvalue weighted by atomic mass is 10.1. The number of nitrogens with zero attached hydrogens (tertiary/aromatic N) is 3. The molecular weight excluding hydrogens is 306 g/mol. The third-order valence-corrected chi connectivity index (χ3v) is 4.29. The molecule has 6 heteroatoms. The molecular formula is C15H18ClN3OS. The van der Waals surface area contributed by atoms with Gasteiger partial charge < -0.3 is 4.57 Å². The van der Waals surface area contributed by atoms with E-state index in [0.29, 0.717) is 22.3 Å². The van der Waals surface area contributed by atoms with Crippen molar-refractivity contribution in [1.29, 1.82) is 0 Å². The molecule has 0 aliphatic carbocycles. The number of carbonyl (C=O) groups is 1. The zero-order chi connectivity index (χ0) is 15.4. The molecule has 0 bridgehead atoms. The SMILES string of the molecule is CC(C)Cc1nnc(SCC(=O)c2ccc(Cl)cc2)n1C. The summed E-state index contributed by atoms with van der Waals surface area (Å²) in [6.45, 7) is 4.29. The van der Waals surface area contributed by atoms with Crippen LogP contribution < -0.4 is 0 Å². The van der Waals surface area contributed by atoms with Crippen LogP contribution in [-0.2, 0) is 13.5 Å². The fraction of sp³-hybridized carbons (Fsp3) is 0.400. The molecule has 21 heavy (non-hydrogen) atoms. The van der Waals surface area contributed by atoms with Gasteiger partial charge in [0.05, 0.1) is 5.75 Å². The van der Waals surface area contributed by atoms with Gasteiger partial charge in [-0.2, -0.15) is 0 Å². The Morgan fingerprint density at radius 2 is 1.95 bits per heavy atom. The normalized spacial score (nSPS) is 11.1. The number of halogens is 1. The van der Waals surface area contributed by atoms with Crippen LogP contribution in [0.2, 0.25) is 5.02 Å². The molecule has 112 valence electrons. The average Bonchev–Trinajstić information content (AvgIpc) is 2.77. The number of hydrogen-bond acceptors (Lipinski definition) is 4. The predicted molar refractivity (Wildman–Crippen MR) is 86.1 cm³/mol. The molecule has 0 atom stereocenters. The molecule has 0 aliphatic rings. The third kappa shape index (κ3) is 4.32. The molecule has 0 N–H and O–H groups in total. The fourth-order valence-corrected chi connectivity index (χ4v) is 2.81. The van der Waals surface area contributed by atoms with Crippen LogP contribution in [0.4, 0.5) is 0 Å². The first-order chi connectivity index (χ1) is 9.97. The molecule has 0 aliphatic heterocycles. The van der Waals surface area contributed by atoms with E-state index in [1.54, 1.807) is 24.3 Å². The third-order valence-electron chi connectivity index (χ3n) is 3.01. The van der Waals surface area contributed by atoms with Gasteiger partial charge in [0.15, 0.2) is 10.9 Å². The van der Waals surface area contributed by atoms with E-state index < -0.39 is 0 Å². The largest absolute Gasteiger partial charge is 0.309 e. The van der Waals surface area contributed by atoms with Gasteiger partial charge in [0.1, 0.15) is 5.82 Å². The highest BCUT2D eigenvalue weighted by Crippen LogP contribution is 2.19. The van der Waals surface area contributed by atoms with Crippen LogP contribution in [0.1, 0.15) is 30.0 Å². The second-order valence-corrected chi connectivity index (χ2v) is 6.65. The lowest BCUT2D eigenvalue weighted by Gasteiger charge is -2.05. The van der Waals surface area contributed by atoms with Gasteiger partial charge in [-0.25, -0.2) is 0 Å². The van der Waals surface area contributed by atoms with E-state index in [-0.39, 0.29) is 5.78 Å². The van der Waals surface area contributed by atoms with Crippen LogP contribution in [0, 0.1) is 5.92 Å². The van der Waals surface area contributed by atoms with Crippen molar-refractivity contribution in [3.8, 4) is 0 Å². The van der Waals surface area contributed by atoms with Gasteiger partial charge >= 0.3 is 0 Å². The Labute approximate surface area is 133 Å². The fourth-order valence-electron chi connectivity index (χ4n) is 1.86. The van der Waals surface area contributed by atoms with Gasteiger partial charge in [-0.15, -0.1) is 10.2 Å². The monoisotopic (exact) mass is 323 g/mol. The molecule has 0 fully saturated rings. The van der Waals surface area contributed by atoms with Gasteiger partial charge in [-0.3, -0.25) is 4.79 Å². The number of hydrogen-bond donors (Lipinski definition) is 0. The molecule has 1 aromatic heterocycles. The van der Waals surface area contributed by atoms with Crippen LogP contribution in [0.5, 0.6) is 0 Å². The summed E-state index contributed by atoms with van der Waals surface area (Å²) in [5, 5.41) is 9.73. The van der Waals surface area contributed by atoms with Gasteiger partial charge in [-0.05, 0) is 30.2 Å². The van der Waals surface area contributed by atoms with Gasteiger partial charge in [0.25, 0.3) is 0 Å². The average molecular weight is 324 g/mol. The smallest absolute Gasteiger partial charge is 0.191 e. The molecule has 0 unspecified atom stereocenters. The lowest BCUT2D eigenvalue weighted by Crippen LogP contribution is -2.05. The minimum Gasteiger partial charge on any atom is -0.309 e. The second kappa shape index (κ2) is 7.09. The lowest BCUT2D eigenvalue weighted by molar-refractivity contribution is 0.102. The van der Waals surface area contributed by atoms with Crippen molar-refractivity contribution in [2.75, 3.05) is 5.75 Å². The topological polar surface area (TPSA) is 47.8 Å². The summed E-state index contributed by atoms with van der Waals surface area (Å²) in [5.74, 6) is 1.88.